The molecule has 0 aliphatic carbocycles. The molecule has 4 heteroatoms. The fourth-order valence-electron chi connectivity index (χ4n) is 0.953. The van der Waals surface area contributed by atoms with Crippen LogP contribution >= 0.6 is 11.6 Å². The standard InChI is InChI=1S/C10H15ClO3/c1-8(5-6-10(13)14)3-2-4-9(12)7-11/h3H,2,4-7H2,1H3,(H,13,14)/b8-3+. The van der Waals surface area contributed by atoms with Gasteiger partial charge in [-0.25, -0.2) is 0 Å². The monoisotopic (exact) mass is 218 g/mol. The van der Waals surface area contributed by atoms with E-state index in [9.17, 15) is 9.59 Å². The molecule has 80 valence electrons. The molecule has 0 heterocycles. The number of carbonyl (C=O) groups excluding carboxylic acids is 1. The lowest BCUT2D eigenvalue weighted by atomic mass is 10.1. The molecule has 0 radical (unpaired) electrons. The number of halogens is 1. The van der Waals surface area contributed by atoms with Gasteiger partial charge in [0.05, 0.1) is 5.88 Å². The average Bonchev–Trinajstić information content (AvgIpc) is 2.14. The van der Waals surface area contributed by atoms with Crippen LogP contribution < -0.4 is 0 Å². The van der Waals surface area contributed by atoms with E-state index in [0.29, 0.717) is 19.3 Å². The minimum atomic E-state index is -0.797. The Morgan fingerprint density at radius 1 is 1.29 bits per heavy atom. The van der Waals surface area contributed by atoms with Crippen molar-refractivity contribution < 1.29 is 14.7 Å². The Hall–Kier alpha value is -0.830. The van der Waals surface area contributed by atoms with Crippen LogP contribution in [0.5, 0.6) is 0 Å². The molecule has 3 nitrogen and oxygen atoms in total. The smallest absolute Gasteiger partial charge is 0.303 e. The van der Waals surface area contributed by atoms with Crippen molar-refractivity contribution in [1.82, 2.24) is 0 Å². The van der Waals surface area contributed by atoms with E-state index in [0.717, 1.165) is 5.57 Å². The fourth-order valence-corrected chi connectivity index (χ4v) is 1.09. The third kappa shape index (κ3) is 7.80. The van der Waals surface area contributed by atoms with Gasteiger partial charge < -0.3 is 5.11 Å². The van der Waals surface area contributed by atoms with E-state index in [1.54, 1.807) is 0 Å². The van der Waals surface area contributed by atoms with Gasteiger partial charge in [0.2, 0.25) is 0 Å². The number of rotatable bonds is 7. The van der Waals surface area contributed by atoms with Crippen molar-refractivity contribution in [2.75, 3.05) is 5.88 Å². The van der Waals surface area contributed by atoms with Crippen molar-refractivity contribution in [1.29, 1.82) is 0 Å². The topological polar surface area (TPSA) is 54.4 Å². The zero-order valence-corrected chi connectivity index (χ0v) is 9.01. The molecule has 1 N–H and O–H groups in total. The molecule has 0 atom stereocenters. The van der Waals surface area contributed by atoms with Crippen LogP contribution in [0, 0.1) is 0 Å². The zero-order valence-electron chi connectivity index (χ0n) is 8.25. The van der Waals surface area contributed by atoms with Gasteiger partial charge in [-0.2, -0.15) is 0 Å². The summed E-state index contributed by atoms with van der Waals surface area (Å²) < 4.78 is 0. The Kier molecular flexibility index (Phi) is 7.11. The molecule has 0 aromatic heterocycles. The maximum Gasteiger partial charge on any atom is 0.303 e. The van der Waals surface area contributed by atoms with Gasteiger partial charge >= 0.3 is 5.97 Å². The number of ketones is 1. The van der Waals surface area contributed by atoms with Gasteiger partial charge in [-0.3, -0.25) is 9.59 Å². The predicted octanol–water partition coefficient (Wildman–Crippen LogP) is 2.39. The Morgan fingerprint density at radius 2 is 1.93 bits per heavy atom. The highest BCUT2D eigenvalue weighted by molar-refractivity contribution is 6.27. The Morgan fingerprint density at radius 3 is 2.43 bits per heavy atom. The SMILES string of the molecule is C/C(=C\CCC(=O)CCl)CCC(=O)O. The largest absolute Gasteiger partial charge is 0.481 e. The van der Waals surface area contributed by atoms with E-state index < -0.39 is 5.97 Å². The second-order valence-electron chi connectivity index (χ2n) is 3.16. The summed E-state index contributed by atoms with van der Waals surface area (Å²) in [6.07, 6.45) is 3.68. The van der Waals surface area contributed by atoms with Gasteiger partial charge in [0, 0.05) is 12.8 Å². The molecule has 0 aromatic carbocycles. The Bertz CT molecular complexity index is 234. The quantitative estimate of drug-likeness (QED) is 0.527. The summed E-state index contributed by atoms with van der Waals surface area (Å²) in [5.41, 5.74) is 1.01. The number of hydrogen-bond acceptors (Lipinski definition) is 2. The van der Waals surface area contributed by atoms with Crippen molar-refractivity contribution in [3.8, 4) is 0 Å². The zero-order chi connectivity index (χ0) is 11.0. The van der Waals surface area contributed by atoms with Crippen LogP contribution in [0.4, 0.5) is 0 Å². The lowest BCUT2D eigenvalue weighted by molar-refractivity contribution is -0.137. The summed E-state index contributed by atoms with van der Waals surface area (Å²) in [7, 11) is 0. The highest BCUT2D eigenvalue weighted by Crippen LogP contribution is 2.06. The van der Waals surface area contributed by atoms with Gasteiger partial charge in [0.15, 0.2) is 0 Å². The van der Waals surface area contributed by atoms with Crippen molar-refractivity contribution in [3.05, 3.63) is 11.6 Å². The fraction of sp³-hybridized carbons (Fsp3) is 0.600. The number of hydrogen-bond donors (Lipinski definition) is 1. The third-order valence-electron chi connectivity index (χ3n) is 1.80. The first-order valence-electron chi connectivity index (χ1n) is 4.51. The molecule has 0 aliphatic rings. The molecule has 0 saturated heterocycles. The maximum atomic E-state index is 10.8. The average molecular weight is 219 g/mol. The summed E-state index contributed by atoms with van der Waals surface area (Å²) >= 11 is 5.32. The number of carboxylic acid groups (broad SMARTS) is 1. The summed E-state index contributed by atoms with van der Waals surface area (Å²) in [4.78, 5) is 21.0. The molecule has 0 rings (SSSR count). The first-order chi connectivity index (χ1) is 6.56. The van der Waals surface area contributed by atoms with Crippen molar-refractivity contribution in [2.24, 2.45) is 0 Å². The van der Waals surface area contributed by atoms with Crippen LogP contribution in [-0.2, 0) is 9.59 Å². The molecule has 0 aliphatic heterocycles. The van der Waals surface area contributed by atoms with Crippen LogP contribution in [0.25, 0.3) is 0 Å². The summed E-state index contributed by atoms with van der Waals surface area (Å²) in [5, 5.41) is 8.42. The molecule has 0 aromatic rings. The highest BCUT2D eigenvalue weighted by atomic mass is 35.5. The summed E-state index contributed by atoms with van der Waals surface area (Å²) in [6.45, 7) is 1.87. The minimum absolute atomic E-state index is 0.0222. The van der Waals surface area contributed by atoms with Crippen LogP contribution in [-0.4, -0.2) is 22.7 Å². The molecule has 0 fully saturated rings. The number of alkyl halides is 1. The predicted molar refractivity (Wildman–Crippen MR) is 55.6 cm³/mol. The van der Waals surface area contributed by atoms with Gasteiger partial charge in [0.25, 0.3) is 0 Å². The van der Waals surface area contributed by atoms with Crippen LogP contribution in [0.1, 0.15) is 32.6 Å². The molecule has 0 bridgehead atoms. The van der Waals surface area contributed by atoms with Gasteiger partial charge in [-0.15, -0.1) is 11.6 Å². The van der Waals surface area contributed by atoms with Crippen molar-refractivity contribution in [3.63, 3.8) is 0 Å². The highest BCUT2D eigenvalue weighted by Gasteiger charge is 1.99. The number of allylic oxidation sites excluding steroid dienone is 2. The molecular weight excluding hydrogens is 204 g/mol. The van der Waals surface area contributed by atoms with E-state index in [-0.39, 0.29) is 18.1 Å². The minimum Gasteiger partial charge on any atom is -0.481 e. The Labute approximate surface area is 88.8 Å². The lowest BCUT2D eigenvalue weighted by Gasteiger charge is -1.98. The summed E-state index contributed by atoms with van der Waals surface area (Å²) in [6, 6.07) is 0. The van der Waals surface area contributed by atoms with Crippen molar-refractivity contribution >= 4 is 23.4 Å². The van der Waals surface area contributed by atoms with E-state index in [1.165, 1.54) is 0 Å². The molecule has 0 unspecified atom stereocenters. The third-order valence-corrected chi connectivity index (χ3v) is 2.10. The molecule has 14 heavy (non-hydrogen) atoms. The Balaban J connectivity index is 3.66. The summed E-state index contributed by atoms with van der Waals surface area (Å²) in [5.74, 6) is -0.717. The van der Waals surface area contributed by atoms with E-state index in [4.69, 9.17) is 16.7 Å². The number of carboxylic acids is 1. The van der Waals surface area contributed by atoms with E-state index in [1.807, 2.05) is 13.0 Å². The number of carbonyl (C=O) groups is 2. The first-order valence-corrected chi connectivity index (χ1v) is 5.04. The van der Waals surface area contributed by atoms with Crippen LogP contribution in [0.15, 0.2) is 11.6 Å². The van der Waals surface area contributed by atoms with Crippen molar-refractivity contribution in [2.45, 2.75) is 32.6 Å². The molecule has 0 amide bonds. The van der Waals surface area contributed by atoms with E-state index in [2.05, 4.69) is 0 Å². The lowest BCUT2D eigenvalue weighted by Crippen LogP contribution is -1.98. The molecule has 0 saturated carbocycles. The normalized spacial score (nSPS) is 11.4. The number of Topliss-reactive ketones (excluding diaryl/α,β-unsaturated/α-hetero) is 1. The maximum absolute atomic E-state index is 10.8. The van der Waals surface area contributed by atoms with Gasteiger partial charge in [-0.1, -0.05) is 11.6 Å². The number of aliphatic carboxylic acids is 1. The van der Waals surface area contributed by atoms with Gasteiger partial charge in [-0.05, 0) is 19.8 Å². The van der Waals surface area contributed by atoms with Gasteiger partial charge in [0.1, 0.15) is 5.78 Å². The first kappa shape index (κ1) is 13.2. The van der Waals surface area contributed by atoms with Crippen LogP contribution in [0.2, 0.25) is 0 Å². The molecule has 0 spiro atoms. The van der Waals surface area contributed by atoms with Crippen LogP contribution in [0.3, 0.4) is 0 Å². The van der Waals surface area contributed by atoms with E-state index >= 15 is 0 Å². The molecular formula is C10H15ClO3. The second-order valence-corrected chi connectivity index (χ2v) is 3.42. The second kappa shape index (κ2) is 7.56.